The molecule has 130 valence electrons. The number of nitrogens with one attached hydrogen (secondary N) is 1. The number of hydrogen-bond acceptors (Lipinski definition) is 2. The van der Waals surface area contributed by atoms with E-state index < -0.39 is 0 Å². The Morgan fingerprint density at radius 1 is 1.12 bits per heavy atom. The molecule has 3 rings (SSSR count). The van der Waals surface area contributed by atoms with Gasteiger partial charge in [-0.3, -0.25) is 4.79 Å². The van der Waals surface area contributed by atoms with Crippen molar-refractivity contribution < 1.29 is 4.79 Å². The van der Waals surface area contributed by atoms with Crippen LogP contribution in [0.5, 0.6) is 0 Å². The summed E-state index contributed by atoms with van der Waals surface area (Å²) in [5, 5.41) is 4.29. The molecule has 0 radical (unpaired) electrons. The molecule has 1 aliphatic rings. The van der Waals surface area contributed by atoms with Crippen LogP contribution in [0.15, 0.2) is 59.7 Å². The molecule has 1 amide bonds. The molecule has 3 nitrogen and oxygen atoms in total. The molecule has 0 unspecified atom stereocenters. The van der Waals surface area contributed by atoms with E-state index in [9.17, 15) is 4.79 Å². The van der Waals surface area contributed by atoms with Crippen molar-refractivity contribution in [1.82, 2.24) is 5.43 Å². The van der Waals surface area contributed by atoms with Gasteiger partial charge in [-0.15, -0.1) is 0 Å². The minimum atomic E-state index is 0.0182. The lowest BCUT2D eigenvalue weighted by Gasteiger charge is -2.07. The van der Waals surface area contributed by atoms with E-state index in [0.717, 1.165) is 24.1 Å². The van der Waals surface area contributed by atoms with Gasteiger partial charge in [-0.05, 0) is 48.3 Å². The Labute approximate surface area is 150 Å². The topological polar surface area (TPSA) is 41.5 Å². The van der Waals surface area contributed by atoms with Gasteiger partial charge in [-0.2, -0.15) is 5.10 Å². The number of carbonyl (C=O) groups is 1. The van der Waals surface area contributed by atoms with Gasteiger partial charge in [-0.25, -0.2) is 5.43 Å². The molecule has 2 atom stereocenters. The number of rotatable bonds is 6. The van der Waals surface area contributed by atoms with Crippen molar-refractivity contribution in [1.29, 1.82) is 0 Å². The van der Waals surface area contributed by atoms with Crippen molar-refractivity contribution in [3.8, 4) is 0 Å². The first-order valence-electron chi connectivity index (χ1n) is 9.03. The summed E-state index contributed by atoms with van der Waals surface area (Å²) in [6, 6.07) is 18.7. The first-order valence-corrected chi connectivity index (χ1v) is 9.03. The van der Waals surface area contributed by atoms with E-state index in [2.05, 4.69) is 60.8 Å². The van der Waals surface area contributed by atoms with Crippen LogP contribution >= 0.6 is 0 Å². The molecule has 0 aliphatic heterocycles. The van der Waals surface area contributed by atoms with Crippen molar-refractivity contribution >= 4 is 11.6 Å². The molecule has 3 heteroatoms. The maximum absolute atomic E-state index is 12.3. The summed E-state index contributed by atoms with van der Waals surface area (Å²) in [7, 11) is 0. The largest absolute Gasteiger partial charge is 0.273 e. The third-order valence-electron chi connectivity index (χ3n) is 4.70. The lowest BCUT2D eigenvalue weighted by atomic mass is 10.0. The fraction of sp³-hybridized carbons (Fsp3) is 0.364. The highest BCUT2D eigenvalue weighted by Gasteiger charge is 2.43. The van der Waals surface area contributed by atoms with Gasteiger partial charge in [0.25, 0.3) is 0 Å². The first-order chi connectivity index (χ1) is 12.0. The van der Waals surface area contributed by atoms with Crippen molar-refractivity contribution in [2.75, 3.05) is 0 Å². The monoisotopic (exact) mass is 334 g/mol. The highest BCUT2D eigenvalue weighted by molar-refractivity contribution is 5.99. The van der Waals surface area contributed by atoms with Gasteiger partial charge in [0, 0.05) is 5.92 Å². The summed E-state index contributed by atoms with van der Waals surface area (Å²) < 4.78 is 0. The van der Waals surface area contributed by atoms with Crippen molar-refractivity contribution in [2.24, 2.45) is 16.9 Å². The smallest absolute Gasteiger partial charge is 0.243 e. The Hall–Kier alpha value is -2.42. The Kier molecular flexibility index (Phi) is 5.32. The van der Waals surface area contributed by atoms with Gasteiger partial charge >= 0.3 is 0 Å². The SMILES string of the molecule is C/C(=N\NC(=O)[C@@H]1C[C@@H]1c1ccccc1)c1ccc(CC(C)C)cc1. The van der Waals surface area contributed by atoms with E-state index >= 15 is 0 Å². The fourth-order valence-electron chi connectivity index (χ4n) is 3.19. The van der Waals surface area contributed by atoms with Gasteiger partial charge in [0.05, 0.1) is 5.71 Å². The highest BCUT2D eigenvalue weighted by Crippen LogP contribution is 2.47. The second-order valence-electron chi connectivity index (χ2n) is 7.33. The molecule has 1 saturated carbocycles. The average Bonchev–Trinajstić information content (AvgIpc) is 3.41. The van der Waals surface area contributed by atoms with Gasteiger partial charge in [0.1, 0.15) is 0 Å². The van der Waals surface area contributed by atoms with Crippen LogP contribution in [0, 0.1) is 11.8 Å². The van der Waals surface area contributed by atoms with Gasteiger partial charge in [0.2, 0.25) is 5.91 Å². The van der Waals surface area contributed by atoms with E-state index in [1.165, 1.54) is 11.1 Å². The zero-order chi connectivity index (χ0) is 17.8. The molecule has 0 spiro atoms. The summed E-state index contributed by atoms with van der Waals surface area (Å²) in [5.41, 5.74) is 7.19. The Morgan fingerprint density at radius 2 is 1.80 bits per heavy atom. The maximum atomic E-state index is 12.3. The summed E-state index contributed by atoms with van der Waals surface area (Å²) >= 11 is 0. The molecule has 0 heterocycles. The van der Waals surface area contributed by atoms with Gasteiger partial charge in [-0.1, -0.05) is 68.4 Å². The zero-order valence-corrected chi connectivity index (χ0v) is 15.2. The van der Waals surface area contributed by atoms with Crippen molar-refractivity contribution in [2.45, 2.75) is 39.5 Å². The molecule has 1 N–H and O–H groups in total. The Morgan fingerprint density at radius 3 is 2.44 bits per heavy atom. The molecular weight excluding hydrogens is 308 g/mol. The Balaban J connectivity index is 1.56. The van der Waals surface area contributed by atoms with Crippen molar-refractivity contribution in [3.63, 3.8) is 0 Å². The summed E-state index contributed by atoms with van der Waals surface area (Å²) in [6.07, 6.45) is 1.99. The standard InChI is InChI=1S/C22H26N2O/c1-15(2)13-17-9-11-18(12-10-17)16(3)23-24-22(25)21-14-20(21)19-7-5-4-6-8-19/h4-12,15,20-21H,13-14H2,1-3H3,(H,24,25)/b23-16+/t20-,21-/m1/s1. The molecule has 2 aromatic carbocycles. The van der Waals surface area contributed by atoms with Crippen molar-refractivity contribution in [3.05, 3.63) is 71.3 Å². The van der Waals surface area contributed by atoms with E-state index in [-0.39, 0.29) is 11.8 Å². The number of hydrogen-bond donors (Lipinski definition) is 1. The molecule has 1 aliphatic carbocycles. The van der Waals surface area contributed by atoms with Crippen LogP contribution < -0.4 is 5.43 Å². The number of carbonyl (C=O) groups excluding carboxylic acids is 1. The van der Waals surface area contributed by atoms with Crippen LogP contribution in [0.3, 0.4) is 0 Å². The molecule has 0 bridgehead atoms. The minimum Gasteiger partial charge on any atom is -0.273 e. The average molecular weight is 334 g/mol. The van der Waals surface area contributed by atoms with Crippen LogP contribution in [-0.4, -0.2) is 11.6 Å². The summed E-state index contributed by atoms with van der Waals surface area (Å²) in [4.78, 5) is 12.3. The predicted molar refractivity (Wildman–Crippen MR) is 103 cm³/mol. The number of hydrazone groups is 1. The molecule has 1 fully saturated rings. The van der Waals surface area contributed by atoms with Crippen LogP contribution in [0.25, 0.3) is 0 Å². The molecule has 2 aromatic rings. The summed E-state index contributed by atoms with van der Waals surface area (Å²) in [5.74, 6) is 1.06. The molecule has 0 saturated heterocycles. The first kappa shape index (κ1) is 17.4. The third-order valence-corrected chi connectivity index (χ3v) is 4.70. The van der Waals surface area contributed by atoms with E-state index in [1.54, 1.807) is 0 Å². The normalized spacial score (nSPS) is 19.8. The van der Waals surface area contributed by atoms with Gasteiger partial charge < -0.3 is 0 Å². The van der Waals surface area contributed by atoms with E-state index in [1.807, 2.05) is 25.1 Å². The van der Waals surface area contributed by atoms with Crippen LogP contribution in [-0.2, 0) is 11.2 Å². The zero-order valence-electron chi connectivity index (χ0n) is 15.2. The molecule has 25 heavy (non-hydrogen) atoms. The maximum Gasteiger partial charge on any atom is 0.243 e. The van der Waals surface area contributed by atoms with E-state index in [4.69, 9.17) is 0 Å². The number of benzene rings is 2. The van der Waals surface area contributed by atoms with Crippen LogP contribution in [0.1, 0.15) is 49.8 Å². The van der Waals surface area contributed by atoms with Gasteiger partial charge in [0.15, 0.2) is 0 Å². The fourth-order valence-corrected chi connectivity index (χ4v) is 3.19. The number of nitrogens with zero attached hydrogens (tertiary/aromatic N) is 1. The Bertz CT molecular complexity index is 747. The predicted octanol–water partition coefficient (Wildman–Crippen LogP) is 4.53. The molecule has 0 aromatic heterocycles. The van der Waals surface area contributed by atoms with Crippen LogP contribution in [0.2, 0.25) is 0 Å². The van der Waals surface area contributed by atoms with E-state index in [0.29, 0.717) is 11.8 Å². The quantitative estimate of drug-likeness (QED) is 0.612. The second kappa shape index (κ2) is 7.64. The summed E-state index contributed by atoms with van der Waals surface area (Å²) in [6.45, 7) is 6.37. The second-order valence-corrected chi connectivity index (χ2v) is 7.33. The third kappa shape index (κ3) is 4.56. The lowest BCUT2D eigenvalue weighted by molar-refractivity contribution is -0.122. The minimum absolute atomic E-state index is 0.0182. The number of amides is 1. The lowest BCUT2D eigenvalue weighted by Crippen LogP contribution is -2.21. The highest BCUT2D eigenvalue weighted by atomic mass is 16.2. The van der Waals surface area contributed by atoms with Crippen LogP contribution in [0.4, 0.5) is 0 Å². The molecular formula is C22H26N2O.